The Morgan fingerprint density at radius 3 is 2.20 bits per heavy atom. The van der Waals surface area contributed by atoms with Crippen LogP contribution in [0.1, 0.15) is 47.2 Å². The average Bonchev–Trinajstić information content (AvgIpc) is 2.94. The number of aliphatic hydroxyl groups is 1. The zero-order valence-electron chi connectivity index (χ0n) is 21.6. The molecule has 0 radical (unpaired) electrons. The summed E-state index contributed by atoms with van der Waals surface area (Å²) in [5.41, 5.74) is 3.73. The van der Waals surface area contributed by atoms with Crippen molar-refractivity contribution >= 4 is 34.9 Å². The molecule has 0 heterocycles. The van der Waals surface area contributed by atoms with Crippen molar-refractivity contribution < 1.29 is 33.4 Å². The average molecular weight is 550 g/mol. The quantitative estimate of drug-likeness (QED) is 0.288. The fourth-order valence-electron chi connectivity index (χ4n) is 4.38. The van der Waals surface area contributed by atoms with E-state index >= 15 is 0 Å². The van der Waals surface area contributed by atoms with Gasteiger partial charge < -0.3 is 20.8 Å². The van der Waals surface area contributed by atoms with Gasteiger partial charge in [0.25, 0.3) is 5.91 Å². The fourth-order valence-corrected chi connectivity index (χ4v) is 4.38. The van der Waals surface area contributed by atoms with Gasteiger partial charge >= 0.3 is 12.0 Å². The summed E-state index contributed by atoms with van der Waals surface area (Å²) < 4.78 is 27.5. The molecule has 3 aromatic rings. The number of nitrogens with one attached hydrogen (secondary N) is 2. The van der Waals surface area contributed by atoms with Crippen LogP contribution >= 0.6 is 0 Å². The summed E-state index contributed by atoms with van der Waals surface area (Å²) in [5.74, 6) is -3.66. The molecule has 1 aliphatic rings. The van der Waals surface area contributed by atoms with Crippen LogP contribution in [0.25, 0.3) is 5.57 Å². The molecule has 4 rings (SSSR count). The van der Waals surface area contributed by atoms with Crippen LogP contribution in [-0.2, 0) is 11.3 Å². The number of carboxylic acids is 1. The third kappa shape index (κ3) is 7.51. The lowest BCUT2D eigenvalue weighted by Gasteiger charge is -2.24. The molecule has 0 bridgehead atoms. The maximum atomic E-state index is 13.7. The van der Waals surface area contributed by atoms with E-state index in [0.717, 1.165) is 37.0 Å². The summed E-state index contributed by atoms with van der Waals surface area (Å²) in [4.78, 5) is 37.8. The van der Waals surface area contributed by atoms with E-state index in [4.69, 9.17) is 5.11 Å². The number of rotatable bonds is 9. The van der Waals surface area contributed by atoms with Gasteiger partial charge in [-0.05, 0) is 78.8 Å². The molecule has 0 unspecified atom stereocenters. The Labute approximate surface area is 229 Å². The molecule has 4 N–H and O–H groups in total. The minimum Gasteiger partial charge on any atom is -0.479 e. The highest BCUT2D eigenvalue weighted by molar-refractivity contribution is 6.01. The maximum absolute atomic E-state index is 13.7. The van der Waals surface area contributed by atoms with E-state index in [0.29, 0.717) is 17.3 Å². The summed E-state index contributed by atoms with van der Waals surface area (Å²) in [6, 6.07) is 15.9. The SMILES string of the molecule is O=C(NC[C@@H](O)C(=O)O)c1ccc(CN(C(=O)Nc2cc(F)cc(F)c2)c2ccc(C3=CCCCC3)cc2)cc1. The van der Waals surface area contributed by atoms with Crippen LogP contribution in [0.2, 0.25) is 0 Å². The topological polar surface area (TPSA) is 119 Å². The van der Waals surface area contributed by atoms with Crippen LogP contribution in [0.15, 0.2) is 72.8 Å². The number of halogens is 2. The molecular weight excluding hydrogens is 520 g/mol. The van der Waals surface area contributed by atoms with Gasteiger partial charge in [-0.1, -0.05) is 30.3 Å². The number of hydrogen-bond acceptors (Lipinski definition) is 4. The van der Waals surface area contributed by atoms with Crippen LogP contribution in [0, 0.1) is 11.6 Å². The van der Waals surface area contributed by atoms with E-state index in [9.17, 15) is 28.3 Å². The van der Waals surface area contributed by atoms with Crippen molar-refractivity contribution in [1.82, 2.24) is 5.32 Å². The second kappa shape index (κ2) is 13.0. The molecule has 40 heavy (non-hydrogen) atoms. The van der Waals surface area contributed by atoms with Crippen LogP contribution in [-0.4, -0.2) is 40.8 Å². The van der Waals surface area contributed by atoms with Gasteiger partial charge in [-0.25, -0.2) is 18.4 Å². The van der Waals surface area contributed by atoms with Gasteiger partial charge in [0.05, 0.1) is 13.1 Å². The molecule has 1 atom stereocenters. The summed E-state index contributed by atoms with van der Waals surface area (Å²) in [7, 11) is 0. The molecule has 0 saturated carbocycles. The monoisotopic (exact) mass is 549 g/mol. The molecule has 1 aliphatic carbocycles. The van der Waals surface area contributed by atoms with Crippen molar-refractivity contribution in [3.63, 3.8) is 0 Å². The first kappa shape index (κ1) is 28.4. The first-order valence-corrected chi connectivity index (χ1v) is 12.8. The first-order valence-electron chi connectivity index (χ1n) is 12.8. The third-order valence-electron chi connectivity index (χ3n) is 6.50. The van der Waals surface area contributed by atoms with Crippen molar-refractivity contribution in [2.75, 3.05) is 16.8 Å². The standard InChI is InChI=1S/C30H29F2N3O5/c31-23-14-24(32)16-25(15-23)34-30(40)35(26-12-10-21(11-13-26)20-4-2-1-3-5-20)18-19-6-8-22(9-7-19)28(37)33-17-27(36)29(38)39/h4,6-16,27,36H,1-3,5,17-18H2,(H,33,37)(H,34,40)(H,38,39)/t27-/m1/s1. The molecular formula is C30H29F2N3O5. The third-order valence-corrected chi connectivity index (χ3v) is 6.50. The Balaban J connectivity index is 1.54. The zero-order valence-corrected chi connectivity index (χ0v) is 21.6. The zero-order chi connectivity index (χ0) is 28.6. The summed E-state index contributed by atoms with van der Waals surface area (Å²) in [6.45, 7) is -0.372. The number of amides is 3. The number of nitrogens with zero attached hydrogens (tertiary/aromatic N) is 1. The van der Waals surface area contributed by atoms with E-state index in [1.165, 1.54) is 29.0 Å². The van der Waals surface area contributed by atoms with Gasteiger partial charge in [0, 0.05) is 23.0 Å². The Morgan fingerprint density at radius 1 is 0.925 bits per heavy atom. The molecule has 3 amide bonds. The second-order valence-corrected chi connectivity index (χ2v) is 9.46. The first-order chi connectivity index (χ1) is 19.2. The lowest BCUT2D eigenvalue weighted by Crippen LogP contribution is -2.36. The summed E-state index contributed by atoms with van der Waals surface area (Å²) >= 11 is 0. The van der Waals surface area contributed by atoms with Gasteiger partial charge in [-0.2, -0.15) is 0 Å². The predicted molar refractivity (Wildman–Crippen MR) is 147 cm³/mol. The van der Waals surface area contributed by atoms with Crippen molar-refractivity contribution in [3.8, 4) is 0 Å². The number of carbonyl (C=O) groups is 3. The van der Waals surface area contributed by atoms with Gasteiger partial charge in [0.2, 0.25) is 0 Å². The largest absolute Gasteiger partial charge is 0.479 e. The van der Waals surface area contributed by atoms with E-state index in [-0.39, 0.29) is 17.8 Å². The Hall–Kier alpha value is -4.57. The highest BCUT2D eigenvalue weighted by atomic mass is 19.1. The van der Waals surface area contributed by atoms with Gasteiger partial charge in [-0.15, -0.1) is 0 Å². The lowest BCUT2D eigenvalue weighted by atomic mass is 9.93. The van der Waals surface area contributed by atoms with Crippen molar-refractivity contribution in [2.45, 2.75) is 38.3 Å². The molecule has 208 valence electrons. The van der Waals surface area contributed by atoms with Gasteiger partial charge in [0.15, 0.2) is 6.10 Å². The van der Waals surface area contributed by atoms with Crippen molar-refractivity contribution in [1.29, 1.82) is 0 Å². The van der Waals surface area contributed by atoms with Gasteiger partial charge in [0.1, 0.15) is 11.6 Å². The lowest BCUT2D eigenvalue weighted by molar-refractivity contribution is -0.146. The van der Waals surface area contributed by atoms with E-state index in [1.54, 1.807) is 12.1 Å². The molecule has 3 aromatic carbocycles. The number of aliphatic carboxylic acids is 1. The molecule has 8 nitrogen and oxygen atoms in total. The number of carboxylic acid groups (broad SMARTS) is 1. The highest BCUT2D eigenvalue weighted by Crippen LogP contribution is 2.29. The van der Waals surface area contributed by atoms with Gasteiger partial charge in [-0.3, -0.25) is 9.69 Å². The number of urea groups is 1. The number of carbonyl (C=O) groups excluding carboxylic acids is 2. The number of benzene rings is 3. The number of allylic oxidation sites excluding steroid dienone is 2. The number of aliphatic hydroxyl groups excluding tert-OH is 1. The second-order valence-electron chi connectivity index (χ2n) is 9.46. The predicted octanol–water partition coefficient (Wildman–Crippen LogP) is 5.34. The number of anilines is 2. The molecule has 0 saturated heterocycles. The summed E-state index contributed by atoms with van der Waals surface area (Å²) in [6.07, 6.45) is 4.82. The highest BCUT2D eigenvalue weighted by Gasteiger charge is 2.19. The molecule has 10 heteroatoms. The van der Waals surface area contributed by atoms with Crippen molar-refractivity contribution in [3.05, 3.63) is 101 Å². The molecule has 0 spiro atoms. The molecule has 0 aromatic heterocycles. The Bertz CT molecular complexity index is 1390. The Kier molecular flexibility index (Phi) is 9.23. The Morgan fingerprint density at radius 2 is 1.60 bits per heavy atom. The number of hydrogen-bond donors (Lipinski definition) is 4. The molecule has 0 aliphatic heterocycles. The smallest absolute Gasteiger partial charge is 0.334 e. The summed E-state index contributed by atoms with van der Waals surface area (Å²) in [5, 5.41) is 23.0. The van der Waals surface area contributed by atoms with Crippen LogP contribution in [0.3, 0.4) is 0 Å². The fraction of sp³-hybridized carbons (Fsp3) is 0.233. The molecule has 0 fully saturated rings. The normalized spacial score (nSPS) is 13.6. The minimum atomic E-state index is -1.72. The van der Waals surface area contributed by atoms with Crippen LogP contribution < -0.4 is 15.5 Å². The van der Waals surface area contributed by atoms with E-state index in [2.05, 4.69) is 16.7 Å². The minimum absolute atomic E-state index is 0.0351. The van der Waals surface area contributed by atoms with E-state index in [1.807, 2.05) is 24.3 Å². The van der Waals surface area contributed by atoms with E-state index < -0.39 is 42.2 Å². The maximum Gasteiger partial charge on any atom is 0.334 e. The van der Waals surface area contributed by atoms with Crippen LogP contribution in [0.5, 0.6) is 0 Å². The van der Waals surface area contributed by atoms with Crippen molar-refractivity contribution in [2.24, 2.45) is 0 Å². The van der Waals surface area contributed by atoms with Crippen LogP contribution in [0.4, 0.5) is 25.0 Å².